The molecular formula is C7H15O9P. The summed E-state index contributed by atoms with van der Waals surface area (Å²) in [7, 11) is -3.49. The molecule has 17 heavy (non-hydrogen) atoms. The number of hydrogen-bond donors (Lipinski definition) is 5. The summed E-state index contributed by atoms with van der Waals surface area (Å²) in [5, 5.41) is 28.3. The van der Waals surface area contributed by atoms with E-state index in [9.17, 15) is 19.9 Å². The van der Waals surface area contributed by atoms with Crippen molar-refractivity contribution in [2.75, 3.05) is 13.7 Å². The summed E-state index contributed by atoms with van der Waals surface area (Å²) in [4.78, 5) is 17.0. The van der Waals surface area contributed by atoms with Crippen molar-refractivity contribution in [2.24, 2.45) is 0 Å². The molecule has 0 saturated carbocycles. The summed E-state index contributed by atoms with van der Waals surface area (Å²) in [5.41, 5.74) is 0. The molecule has 1 rings (SSSR count). The zero-order chi connectivity index (χ0) is 13.2. The second-order valence-corrected chi connectivity index (χ2v) is 4.78. The van der Waals surface area contributed by atoms with Crippen LogP contribution >= 0.6 is 7.82 Å². The highest BCUT2D eigenvalue weighted by Gasteiger charge is 2.44. The monoisotopic (exact) mass is 274 g/mol. The van der Waals surface area contributed by atoms with Gasteiger partial charge in [0.15, 0.2) is 6.29 Å². The van der Waals surface area contributed by atoms with Crippen LogP contribution in [0.5, 0.6) is 0 Å². The lowest BCUT2D eigenvalue weighted by Crippen LogP contribution is -2.59. The van der Waals surface area contributed by atoms with Crippen molar-refractivity contribution in [2.45, 2.75) is 30.7 Å². The van der Waals surface area contributed by atoms with Gasteiger partial charge in [-0.05, 0) is 0 Å². The summed E-state index contributed by atoms with van der Waals surface area (Å²) < 4.78 is 24.3. The van der Waals surface area contributed by atoms with E-state index in [-0.39, 0.29) is 0 Å². The molecule has 10 heteroatoms. The molecule has 0 spiro atoms. The fraction of sp³-hybridized carbons (Fsp3) is 1.00. The van der Waals surface area contributed by atoms with Gasteiger partial charge in [0.2, 0.25) is 0 Å². The van der Waals surface area contributed by atoms with Gasteiger partial charge in [-0.25, -0.2) is 4.57 Å². The highest BCUT2D eigenvalue weighted by atomic mass is 31.2. The average Bonchev–Trinajstić information content (AvgIpc) is 2.24. The van der Waals surface area contributed by atoms with E-state index in [1.807, 2.05) is 0 Å². The van der Waals surface area contributed by atoms with Crippen LogP contribution in [0, 0.1) is 0 Å². The Bertz CT molecular complexity index is 289. The lowest BCUT2D eigenvalue weighted by Gasteiger charge is -2.39. The van der Waals surface area contributed by atoms with Gasteiger partial charge in [-0.3, -0.25) is 4.52 Å². The first-order chi connectivity index (χ1) is 7.76. The Morgan fingerprint density at radius 2 is 1.76 bits per heavy atom. The van der Waals surface area contributed by atoms with E-state index in [2.05, 4.69) is 4.52 Å². The molecule has 0 amide bonds. The van der Waals surface area contributed by atoms with Gasteiger partial charge in [-0.2, -0.15) is 0 Å². The van der Waals surface area contributed by atoms with Gasteiger partial charge in [0, 0.05) is 7.11 Å². The summed E-state index contributed by atoms with van der Waals surface area (Å²) in [6, 6.07) is 0. The molecule has 0 aromatic heterocycles. The van der Waals surface area contributed by atoms with E-state index < -0.39 is 45.1 Å². The topological polar surface area (TPSA) is 146 Å². The molecule has 0 aromatic carbocycles. The van der Waals surface area contributed by atoms with Gasteiger partial charge >= 0.3 is 7.82 Å². The third kappa shape index (κ3) is 3.95. The molecule has 102 valence electrons. The smallest absolute Gasteiger partial charge is 0.387 e. The summed E-state index contributed by atoms with van der Waals surface area (Å²) in [6.07, 6.45) is -6.98. The number of methoxy groups -OCH3 is 1. The number of rotatable bonds is 4. The SMILES string of the molecule is COC1O[C@H](COP(=O)(O)O)[C@@H](O)[C@H](O)[C@@H]1O. The Morgan fingerprint density at radius 1 is 1.18 bits per heavy atom. The Kier molecular flexibility index (Phi) is 5.02. The van der Waals surface area contributed by atoms with Crippen molar-refractivity contribution in [3.8, 4) is 0 Å². The lowest BCUT2D eigenvalue weighted by molar-refractivity contribution is -0.293. The van der Waals surface area contributed by atoms with Gasteiger partial charge < -0.3 is 34.6 Å². The fourth-order valence-electron chi connectivity index (χ4n) is 1.42. The van der Waals surface area contributed by atoms with E-state index in [1.165, 1.54) is 7.11 Å². The molecule has 1 heterocycles. The number of ether oxygens (including phenoxy) is 2. The first-order valence-corrected chi connectivity index (χ1v) is 6.22. The molecule has 1 aliphatic rings. The molecule has 1 unspecified atom stereocenters. The number of aliphatic hydroxyl groups is 3. The van der Waals surface area contributed by atoms with Crippen LogP contribution in [0.15, 0.2) is 0 Å². The lowest BCUT2D eigenvalue weighted by atomic mass is 9.99. The van der Waals surface area contributed by atoms with Gasteiger partial charge in [-0.1, -0.05) is 0 Å². The fourth-order valence-corrected chi connectivity index (χ4v) is 1.76. The van der Waals surface area contributed by atoms with E-state index in [1.54, 1.807) is 0 Å². The second kappa shape index (κ2) is 5.70. The minimum atomic E-state index is -4.70. The molecule has 9 nitrogen and oxygen atoms in total. The van der Waals surface area contributed by atoms with E-state index in [0.29, 0.717) is 0 Å². The predicted molar refractivity (Wildman–Crippen MR) is 51.7 cm³/mol. The molecule has 1 saturated heterocycles. The standard InChI is InChI=1S/C7H15O9P/c1-14-7-6(10)5(9)4(8)3(16-7)2-15-17(11,12)13/h3-10H,2H2,1H3,(H2,11,12,13)/t3-,4-,5+,6+,7?/m1/s1. The van der Waals surface area contributed by atoms with Crippen molar-refractivity contribution >= 4 is 7.82 Å². The molecule has 5 N–H and O–H groups in total. The van der Waals surface area contributed by atoms with Crippen molar-refractivity contribution in [3.05, 3.63) is 0 Å². The second-order valence-electron chi connectivity index (χ2n) is 3.54. The minimum Gasteiger partial charge on any atom is -0.387 e. The number of aliphatic hydroxyl groups excluding tert-OH is 3. The Balaban J connectivity index is 2.62. The highest BCUT2D eigenvalue weighted by Crippen LogP contribution is 2.36. The summed E-state index contributed by atoms with van der Waals surface area (Å²) in [6.45, 7) is -0.644. The molecule has 0 bridgehead atoms. The largest absolute Gasteiger partial charge is 0.469 e. The van der Waals surface area contributed by atoms with E-state index in [4.69, 9.17) is 19.3 Å². The molecule has 5 atom stereocenters. The molecular weight excluding hydrogens is 259 g/mol. The van der Waals surface area contributed by atoms with Crippen LogP contribution < -0.4 is 0 Å². The first kappa shape index (κ1) is 15.0. The van der Waals surface area contributed by atoms with Crippen LogP contribution in [0.3, 0.4) is 0 Å². The Morgan fingerprint density at radius 3 is 2.24 bits per heavy atom. The quantitative estimate of drug-likeness (QED) is 0.352. The Labute approximate surface area is 96.8 Å². The number of phosphoric acid groups is 1. The van der Waals surface area contributed by atoms with Gasteiger partial charge in [0.05, 0.1) is 6.61 Å². The maximum absolute atomic E-state index is 10.5. The predicted octanol–water partition coefficient (Wildman–Crippen LogP) is -2.45. The molecule has 1 fully saturated rings. The van der Waals surface area contributed by atoms with Crippen LogP contribution in [-0.4, -0.2) is 69.5 Å². The highest BCUT2D eigenvalue weighted by molar-refractivity contribution is 7.46. The maximum atomic E-state index is 10.5. The van der Waals surface area contributed by atoms with Crippen LogP contribution in [0.4, 0.5) is 0 Å². The van der Waals surface area contributed by atoms with Crippen molar-refractivity contribution in [1.29, 1.82) is 0 Å². The van der Waals surface area contributed by atoms with Crippen molar-refractivity contribution in [3.63, 3.8) is 0 Å². The van der Waals surface area contributed by atoms with Crippen molar-refractivity contribution < 1.29 is 43.7 Å². The molecule has 0 radical (unpaired) electrons. The third-order valence-electron chi connectivity index (χ3n) is 2.31. The number of phosphoric ester groups is 1. The molecule has 0 aromatic rings. The maximum Gasteiger partial charge on any atom is 0.469 e. The van der Waals surface area contributed by atoms with Gasteiger partial charge in [-0.15, -0.1) is 0 Å². The summed E-state index contributed by atoms with van der Waals surface area (Å²) >= 11 is 0. The van der Waals surface area contributed by atoms with Crippen LogP contribution in [-0.2, 0) is 18.6 Å². The van der Waals surface area contributed by atoms with Gasteiger partial charge in [0.25, 0.3) is 0 Å². The molecule has 0 aliphatic carbocycles. The van der Waals surface area contributed by atoms with Gasteiger partial charge in [0.1, 0.15) is 24.4 Å². The van der Waals surface area contributed by atoms with Crippen LogP contribution in [0.25, 0.3) is 0 Å². The zero-order valence-electron chi connectivity index (χ0n) is 8.91. The first-order valence-electron chi connectivity index (χ1n) is 4.69. The molecule has 1 aliphatic heterocycles. The van der Waals surface area contributed by atoms with E-state index in [0.717, 1.165) is 0 Å². The van der Waals surface area contributed by atoms with Crippen LogP contribution in [0.2, 0.25) is 0 Å². The normalized spacial score (nSPS) is 39.3. The third-order valence-corrected chi connectivity index (χ3v) is 2.79. The summed E-state index contributed by atoms with van der Waals surface area (Å²) in [5.74, 6) is 0. The van der Waals surface area contributed by atoms with Crippen molar-refractivity contribution in [1.82, 2.24) is 0 Å². The average molecular weight is 274 g/mol. The van der Waals surface area contributed by atoms with E-state index >= 15 is 0 Å². The Hall–Kier alpha value is -0.0900. The number of hydrogen-bond acceptors (Lipinski definition) is 7. The van der Waals surface area contributed by atoms with Crippen LogP contribution in [0.1, 0.15) is 0 Å². The minimum absolute atomic E-state index is 0.644. The zero-order valence-corrected chi connectivity index (χ0v) is 9.80.